The summed E-state index contributed by atoms with van der Waals surface area (Å²) < 4.78 is 5.36. The Bertz CT molecular complexity index is 592. The Morgan fingerprint density at radius 3 is 2.60 bits per heavy atom. The number of nitrogen functional groups attached to an aromatic ring is 1. The number of ether oxygens (including phenoxy) is 1. The van der Waals surface area contributed by atoms with Crippen molar-refractivity contribution < 1.29 is 9.53 Å². The summed E-state index contributed by atoms with van der Waals surface area (Å²) in [6, 6.07) is 12.3. The number of rotatable bonds is 4. The van der Waals surface area contributed by atoms with Crippen LogP contribution in [0.15, 0.2) is 42.5 Å². The average Bonchev–Trinajstić information content (AvgIpc) is 2.42. The fourth-order valence-corrected chi connectivity index (χ4v) is 1.84. The zero-order chi connectivity index (χ0) is 14.5. The third kappa shape index (κ3) is 3.65. The van der Waals surface area contributed by atoms with Gasteiger partial charge in [-0.15, -0.1) is 0 Å². The maximum absolute atomic E-state index is 11.8. The van der Waals surface area contributed by atoms with E-state index < -0.39 is 0 Å². The molecular weight excluding hydrogens is 276 g/mol. The second kappa shape index (κ2) is 6.30. The van der Waals surface area contributed by atoms with Crippen molar-refractivity contribution in [2.45, 2.75) is 6.92 Å². The molecule has 3 N–H and O–H groups in total. The number of para-hydroxylation sites is 1. The molecule has 0 aromatic heterocycles. The number of hydrogen-bond acceptors (Lipinski definition) is 3. The molecule has 0 fully saturated rings. The van der Waals surface area contributed by atoms with Crippen LogP contribution in [0.4, 0.5) is 11.4 Å². The third-order valence-electron chi connectivity index (χ3n) is 2.75. The molecule has 4 nitrogen and oxygen atoms in total. The molecule has 5 heteroatoms. The van der Waals surface area contributed by atoms with E-state index in [4.69, 9.17) is 22.1 Å². The predicted molar refractivity (Wildman–Crippen MR) is 81.2 cm³/mol. The van der Waals surface area contributed by atoms with E-state index in [1.165, 1.54) is 0 Å². The van der Waals surface area contributed by atoms with Gasteiger partial charge in [0.05, 0.1) is 11.4 Å². The average molecular weight is 291 g/mol. The largest absolute Gasteiger partial charge is 0.484 e. The van der Waals surface area contributed by atoms with Gasteiger partial charge in [0, 0.05) is 5.02 Å². The summed E-state index contributed by atoms with van der Waals surface area (Å²) in [4.78, 5) is 11.8. The molecule has 0 radical (unpaired) electrons. The van der Waals surface area contributed by atoms with Gasteiger partial charge in [-0.2, -0.15) is 0 Å². The lowest BCUT2D eigenvalue weighted by molar-refractivity contribution is -0.118. The number of amides is 1. The van der Waals surface area contributed by atoms with Crippen LogP contribution in [-0.4, -0.2) is 12.5 Å². The number of nitrogens with two attached hydrogens (primary N) is 1. The molecular formula is C15H15ClN2O2. The smallest absolute Gasteiger partial charge is 0.262 e. The summed E-state index contributed by atoms with van der Waals surface area (Å²) in [5.74, 6) is 0.322. The molecule has 0 bridgehead atoms. The lowest BCUT2D eigenvalue weighted by Gasteiger charge is -2.11. The van der Waals surface area contributed by atoms with Crippen molar-refractivity contribution in [1.29, 1.82) is 0 Å². The van der Waals surface area contributed by atoms with E-state index in [9.17, 15) is 4.79 Å². The van der Waals surface area contributed by atoms with Gasteiger partial charge in [0.1, 0.15) is 5.75 Å². The first-order valence-corrected chi connectivity index (χ1v) is 6.47. The Kier molecular flexibility index (Phi) is 4.48. The van der Waals surface area contributed by atoms with Crippen molar-refractivity contribution in [3.63, 3.8) is 0 Å². The van der Waals surface area contributed by atoms with Crippen molar-refractivity contribution in [1.82, 2.24) is 0 Å². The second-order valence-corrected chi connectivity index (χ2v) is 4.77. The van der Waals surface area contributed by atoms with E-state index in [2.05, 4.69) is 5.32 Å². The highest BCUT2D eigenvalue weighted by Gasteiger charge is 2.08. The lowest BCUT2D eigenvalue weighted by atomic mass is 10.1. The minimum atomic E-state index is -0.263. The molecule has 20 heavy (non-hydrogen) atoms. The van der Waals surface area contributed by atoms with Gasteiger partial charge in [-0.25, -0.2) is 0 Å². The zero-order valence-electron chi connectivity index (χ0n) is 11.0. The van der Waals surface area contributed by atoms with Crippen LogP contribution >= 0.6 is 11.6 Å². The fraction of sp³-hybridized carbons (Fsp3) is 0.133. The first-order chi connectivity index (χ1) is 9.56. The van der Waals surface area contributed by atoms with E-state index >= 15 is 0 Å². The second-order valence-electron chi connectivity index (χ2n) is 4.33. The highest BCUT2D eigenvalue weighted by Crippen LogP contribution is 2.22. The van der Waals surface area contributed by atoms with Gasteiger partial charge < -0.3 is 15.8 Å². The molecule has 2 rings (SSSR count). The normalized spacial score (nSPS) is 10.1. The Labute approximate surface area is 122 Å². The van der Waals surface area contributed by atoms with E-state index in [1.807, 2.05) is 19.1 Å². The van der Waals surface area contributed by atoms with Gasteiger partial charge in [-0.1, -0.05) is 23.7 Å². The van der Waals surface area contributed by atoms with Gasteiger partial charge in [0.15, 0.2) is 6.61 Å². The quantitative estimate of drug-likeness (QED) is 0.850. The van der Waals surface area contributed by atoms with Crippen LogP contribution < -0.4 is 15.8 Å². The standard InChI is InChI=1S/C15H15ClN2O2/c1-10-3-2-4-13(17)15(10)18-14(19)9-20-12-7-5-11(16)6-8-12/h2-8H,9,17H2,1H3,(H,18,19). The fourth-order valence-electron chi connectivity index (χ4n) is 1.72. The van der Waals surface area contributed by atoms with Crippen LogP contribution in [0.1, 0.15) is 5.56 Å². The highest BCUT2D eigenvalue weighted by atomic mass is 35.5. The van der Waals surface area contributed by atoms with Crippen molar-refractivity contribution in [2.75, 3.05) is 17.7 Å². The molecule has 2 aromatic rings. The monoisotopic (exact) mass is 290 g/mol. The van der Waals surface area contributed by atoms with Crippen molar-refractivity contribution in [3.8, 4) is 5.75 Å². The van der Waals surface area contributed by atoms with Gasteiger partial charge in [-0.05, 0) is 42.8 Å². The van der Waals surface area contributed by atoms with Crippen LogP contribution in [0.3, 0.4) is 0 Å². The summed E-state index contributed by atoms with van der Waals surface area (Å²) in [5, 5.41) is 3.37. The van der Waals surface area contributed by atoms with Crippen molar-refractivity contribution >= 4 is 28.9 Å². The number of carbonyl (C=O) groups is 1. The molecule has 0 saturated heterocycles. The number of aryl methyl sites for hydroxylation is 1. The Morgan fingerprint density at radius 1 is 1.25 bits per heavy atom. The molecule has 0 spiro atoms. The van der Waals surface area contributed by atoms with E-state index in [0.29, 0.717) is 22.1 Å². The van der Waals surface area contributed by atoms with E-state index in [0.717, 1.165) is 5.56 Å². The van der Waals surface area contributed by atoms with Gasteiger partial charge >= 0.3 is 0 Å². The minimum absolute atomic E-state index is 0.0879. The van der Waals surface area contributed by atoms with Crippen LogP contribution in [0, 0.1) is 6.92 Å². The molecule has 0 aliphatic carbocycles. The van der Waals surface area contributed by atoms with Crippen LogP contribution in [-0.2, 0) is 4.79 Å². The SMILES string of the molecule is Cc1cccc(N)c1NC(=O)COc1ccc(Cl)cc1. The zero-order valence-corrected chi connectivity index (χ0v) is 11.8. The first kappa shape index (κ1) is 14.2. The maximum atomic E-state index is 11.8. The van der Waals surface area contributed by atoms with Crippen LogP contribution in [0.5, 0.6) is 5.75 Å². The van der Waals surface area contributed by atoms with Gasteiger partial charge in [0.2, 0.25) is 0 Å². The Balaban J connectivity index is 1.94. The highest BCUT2D eigenvalue weighted by molar-refractivity contribution is 6.30. The molecule has 0 saturated carbocycles. The van der Waals surface area contributed by atoms with E-state index in [-0.39, 0.29) is 12.5 Å². The summed E-state index contributed by atoms with van der Waals surface area (Å²) in [7, 11) is 0. The number of nitrogens with one attached hydrogen (secondary N) is 1. The molecule has 104 valence electrons. The summed E-state index contributed by atoms with van der Waals surface area (Å²) in [5.41, 5.74) is 7.89. The minimum Gasteiger partial charge on any atom is -0.484 e. The maximum Gasteiger partial charge on any atom is 0.262 e. The molecule has 0 aliphatic heterocycles. The van der Waals surface area contributed by atoms with E-state index in [1.54, 1.807) is 30.3 Å². The number of halogens is 1. The Morgan fingerprint density at radius 2 is 1.95 bits per heavy atom. The molecule has 0 atom stereocenters. The molecule has 0 aliphatic rings. The van der Waals surface area contributed by atoms with Gasteiger partial charge in [-0.3, -0.25) is 4.79 Å². The topological polar surface area (TPSA) is 64.3 Å². The summed E-state index contributed by atoms with van der Waals surface area (Å²) >= 11 is 5.77. The molecule has 0 unspecified atom stereocenters. The third-order valence-corrected chi connectivity index (χ3v) is 3.00. The lowest BCUT2D eigenvalue weighted by Crippen LogP contribution is -2.21. The number of anilines is 2. The van der Waals surface area contributed by atoms with Crippen molar-refractivity contribution in [2.24, 2.45) is 0 Å². The number of carbonyl (C=O) groups excluding carboxylic acids is 1. The summed E-state index contributed by atoms with van der Waals surface area (Å²) in [6.45, 7) is 1.79. The molecule has 0 heterocycles. The van der Waals surface area contributed by atoms with Gasteiger partial charge in [0.25, 0.3) is 5.91 Å². The number of benzene rings is 2. The van der Waals surface area contributed by atoms with Crippen molar-refractivity contribution in [3.05, 3.63) is 53.1 Å². The predicted octanol–water partition coefficient (Wildman–Crippen LogP) is 3.25. The van der Waals surface area contributed by atoms with Crippen LogP contribution in [0.25, 0.3) is 0 Å². The summed E-state index contributed by atoms with van der Waals surface area (Å²) in [6.07, 6.45) is 0. The Hall–Kier alpha value is -2.20. The van der Waals surface area contributed by atoms with Crippen LogP contribution in [0.2, 0.25) is 5.02 Å². The number of hydrogen-bond donors (Lipinski definition) is 2. The molecule has 2 aromatic carbocycles. The first-order valence-electron chi connectivity index (χ1n) is 6.09. The molecule has 1 amide bonds.